The Hall–Kier alpha value is -3.93. The van der Waals surface area contributed by atoms with Crippen LogP contribution in [-0.2, 0) is 9.53 Å². The first-order chi connectivity index (χ1) is 14.0. The van der Waals surface area contributed by atoms with Crippen molar-refractivity contribution in [3.05, 3.63) is 54.2 Å². The molecule has 0 radical (unpaired) electrons. The zero-order chi connectivity index (χ0) is 20.5. The Balaban J connectivity index is 0.00000256. The second-order valence-electron chi connectivity index (χ2n) is 6.62. The highest BCUT2D eigenvalue weighted by molar-refractivity contribution is 5.90. The quantitative estimate of drug-likeness (QED) is 0.714. The number of halogens is 1. The van der Waals surface area contributed by atoms with Crippen LogP contribution < -0.4 is 10.2 Å². The summed E-state index contributed by atoms with van der Waals surface area (Å²) in [4.78, 5) is 28.6. The number of fused-ring (bicyclic) bond motifs is 1. The fourth-order valence-corrected chi connectivity index (χ4v) is 3.23. The summed E-state index contributed by atoms with van der Waals surface area (Å²) in [6.45, 7) is 1.80. The standard InChI is InChI=1S/C20H16FN5O3.CH4/c1-12(27)23-10-16-11-26(20(28)29-16)14-2-3-17(18(21)7-14)13-4-5-25-15(8-22)9-24-19(25)6-13;/h2-7,9,16H,10-11H2,1H3,(H,23,27);1H4/t16-;/m0./s1. The normalized spacial score (nSPS) is 15.4. The van der Waals surface area contributed by atoms with Crippen LogP contribution >= 0.6 is 0 Å². The molecule has 0 aliphatic carbocycles. The fraction of sp³-hybridized carbons (Fsp3) is 0.238. The molecule has 30 heavy (non-hydrogen) atoms. The van der Waals surface area contributed by atoms with E-state index in [-0.39, 0.29) is 26.4 Å². The van der Waals surface area contributed by atoms with Gasteiger partial charge in [-0.15, -0.1) is 0 Å². The van der Waals surface area contributed by atoms with E-state index in [2.05, 4.69) is 10.3 Å². The van der Waals surface area contributed by atoms with Gasteiger partial charge in [0.25, 0.3) is 0 Å². The van der Waals surface area contributed by atoms with Crippen molar-refractivity contribution < 1.29 is 18.7 Å². The molecule has 3 aromatic rings. The number of hydrogen-bond donors (Lipinski definition) is 1. The van der Waals surface area contributed by atoms with Gasteiger partial charge in [0.2, 0.25) is 5.91 Å². The lowest BCUT2D eigenvalue weighted by molar-refractivity contribution is -0.119. The molecule has 2 amide bonds. The maximum Gasteiger partial charge on any atom is 0.414 e. The Bertz CT molecular complexity index is 1170. The molecule has 0 bridgehead atoms. The van der Waals surface area contributed by atoms with Gasteiger partial charge in [0.1, 0.15) is 29.3 Å². The Kier molecular flexibility index (Phi) is 5.69. The second-order valence-corrected chi connectivity index (χ2v) is 6.62. The molecule has 0 saturated carbocycles. The van der Waals surface area contributed by atoms with Gasteiger partial charge >= 0.3 is 6.09 Å². The molecule has 2 aromatic heterocycles. The molecule has 3 heterocycles. The van der Waals surface area contributed by atoms with Crippen molar-refractivity contribution in [1.29, 1.82) is 5.26 Å². The van der Waals surface area contributed by atoms with Crippen molar-refractivity contribution >= 4 is 23.3 Å². The number of amides is 2. The van der Waals surface area contributed by atoms with Crippen molar-refractivity contribution in [3.63, 3.8) is 0 Å². The van der Waals surface area contributed by atoms with E-state index in [0.29, 0.717) is 28.2 Å². The number of aromatic nitrogens is 2. The number of hydrogen-bond acceptors (Lipinski definition) is 5. The summed E-state index contributed by atoms with van der Waals surface area (Å²) in [5.74, 6) is -0.719. The van der Waals surface area contributed by atoms with E-state index >= 15 is 0 Å². The number of benzene rings is 1. The summed E-state index contributed by atoms with van der Waals surface area (Å²) in [6, 6.07) is 9.91. The highest BCUT2D eigenvalue weighted by Crippen LogP contribution is 2.29. The number of nitrogens with one attached hydrogen (secondary N) is 1. The summed E-state index contributed by atoms with van der Waals surface area (Å²) < 4.78 is 21.6. The number of cyclic esters (lactones) is 1. The number of imidazole rings is 1. The lowest BCUT2D eigenvalue weighted by Gasteiger charge is -2.14. The van der Waals surface area contributed by atoms with Gasteiger partial charge in [-0.25, -0.2) is 14.2 Å². The molecule has 1 saturated heterocycles. The van der Waals surface area contributed by atoms with Gasteiger partial charge in [-0.3, -0.25) is 14.1 Å². The molecule has 1 N–H and O–H groups in total. The molecule has 1 atom stereocenters. The zero-order valence-electron chi connectivity index (χ0n) is 15.4. The van der Waals surface area contributed by atoms with Gasteiger partial charge in [-0.1, -0.05) is 7.43 Å². The first-order valence-corrected chi connectivity index (χ1v) is 8.86. The smallest absolute Gasteiger partial charge is 0.414 e. The van der Waals surface area contributed by atoms with Crippen molar-refractivity contribution in [3.8, 4) is 17.2 Å². The average molecular weight is 409 g/mol. The highest BCUT2D eigenvalue weighted by Gasteiger charge is 2.32. The average Bonchev–Trinajstić information content (AvgIpc) is 3.28. The SMILES string of the molecule is C.CC(=O)NC[C@H]1CN(c2ccc(-c3ccn4c(C#N)cnc4c3)c(F)c2)C(=O)O1. The summed E-state index contributed by atoms with van der Waals surface area (Å²) in [7, 11) is 0. The molecule has 4 rings (SSSR count). The number of pyridine rings is 1. The summed E-state index contributed by atoms with van der Waals surface area (Å²) in [5.41, 5.74) is 2.25. The Morgan fingerprint density at radius 2 is 2.20 bits per heavy atom. The highest BCUT2D eigenvalue weighted by atomic mass is 19.1. The maximum atomic E-state index is 14.8. The summed E-state index contributed by atoms with van der Waals surface area (Å²) in [6.07, 6.45) is 2.03. The maximum absolute atomic E-state index is 14.8. The third-order valence-electron chi connectivity index (χ3n) is 4.66. The minimum Gasteiger partial charge on any atom is -0.442 e. The topological polar surface area (TPSA) is 99.7 Å². The second kappa shape index (κ2) is 8.21. The van der Waals surface area contributed by atoms with Gasteiger partial charge in [-0.2, -0.15) is 5.26 Å². The number of anilines is 1. The molecule has 0 unspecified atom stereocenters. The van der Waals surface area contributed by atoms with Crippen LogP contribution in [0.4, 0.5) is 14.9 Å². The van der Waals surface area contributed by atoms with Crippen molar-refractivity contribution in [2.45, 2.75) is 20.5 Å². The van der Waals surface area contributed by atoms with E-state index in [9.17, 15) is 14.0 Å². The summed E-state index contributed by atoms with van der Waals surface area (Å²) in [5, 5.41) is 11.7. The number of nitriles is 1. The minimum absolute atomic E-state index is 0. The van der Waals surface area contributed by atoms with E-state index < -0.39 is 18.0 Å². The third-order valence-corrected chi connectivity index (χ3v) is 4.66. The lowest BCUT2D eigenvalue weighted by Crippen LogP contribution is -2.33. The lowest BCUT2D eigenvalue weighted by atomic mass is 10.1. The predicted molar refractivity (Wildman–Crippen MR) is 108 cm³/mol. The zero-order valence-corrected chi connectivity index (χ0v) is 15.4. The van der Waals surface area contributed by atoms with Crippen LogP contribution in [-0.4, -0.2) is 40.6 Å². The number of carbonyl (C=O) groups is 2. The molecular weight excluding hydrogens is 389 g/mol. The van der Waals surface area contributed by atoms with Crippen LogP contribution in [0.25, 0.3) is 16.8 Å². The number of carbonyl (C=O) groups excluding carboxylic acids is 2. The van der Waals surface area contributed by atoms with Crippen LogP contribution in [0.3, 0.4) is 0 Å². The number of rotatable bonds is 4. The fourth-order valence-electron chi connectivity index (χ4n) is 3.23. The van der Waals surface area contributed by atoms with Gasteiger partial charge in [0, 0.05) is 18.7 Å². The van der Waals surface area contributed by atoms with Gasteiger partial charge in [0.15, 0.2) is 0 Å². The van der Waals surface area contributed by atoms with Gasteiger partial charge in [-0.05, 0) is 35.9 Å². The molecular formula is C21H20FN5O3. The van der Waals surface area contributed by atoms with Crippen molar-refractivity contribution in [1.82, 2.24) is 14.7 Å². The predicted octanol–water partition coefficient (Wildman–Crippen LogP) is 3.11. The van der Waals surface area contributed by atoms with Crippen LogP contribution in [0.2, 0.25) is 0 Å². The largest absolute Gasteiger partial charge is 0.442 e. The molecule has 8 nitrogen and oxygen atoms in total. The molecule has 9 heteroatoms. The molecule has 1 aliphatic rings. The van der Waals surface area contributed by atoms with Crippen LogP contribution in [0, 0.1) is 17.1 Å². The van der Waals surface area contributed by atoms with E-state index in [1.807, 2.05) is 6.07 Å². The van der Waals surface area contributed by atoms with E-state index in [1.54, 1.807) is 34.9 Å². The summed E-state index contributed by atoms with van der Waals surface area (Å²) >= 11 is 0. The monoisotopic (exact) mass is 409 g/mol. The molecule has 0 spiro atoms. The molecule has 1 fully saturated rings. The van der Waals surface area contributed by atoms with Gasteiger partial charge in [0.05, 0.1) is 25.0 Å². The number of ether oxygens (including phenoxy) is 1. The van der Waals surface area contributed by atoms with Crippen molar-refractivity contribution in [2.75, 3.05) is 18.0 Å². The Morgan fingerprint density at radius 3 is 2.90 bits per heavy atom. The minimum atomic E-state index is -0.588. The number of nitrogens with zero attached hydrogens (tertiary/aromatic N) is 4. The van der Waals surface area contributed by atoms with E-state index in [0.717, 1.165) is 0 Å². The molecule has 154 valence electrons. The van der Waals surface area contributed by atoms with Gasteiger partial charge < -0.3 is 10.1 Å². The molecule has 1 aromatic carbocycles. The molecule has 1 aliphatic heterocycles. The first-order valence-electron chi connectivity index (χ1n) is 8.86. The Labute approximate surface area is 172 Å². The first kappa shape index (κ1) is 20.8. The van der Waals surface area contributed by atoms with E-state index in [4.69, 9.17) is 10.00 Å². The van der Waals surface area contributed by atoms with E-state index in [1.165, 1.54) is 24.1 Å². The van der Waals surface area contributed by atoms with Crippen LogP contribution in [0.15, 0.2) is 42.7 Å². The van der Waals surface area contributed by atoms with Crippen LogP contribution in [0.1, 0.15) is 20.0 Å². The van der Waals surface area contributed by atoms with Crippen LogP contribution in [0.5, 0.6) is 0 Å². The van der Waals surface area contributed by atoms with Crippen molar-refractivity contribution in [2.24, 2.45) is 0 Å². The Morgan fingerprint density at radius 1 is 1.40 bits per heavy atom. The third kappa shape index (κ3) is 3.80.